The number of benzene rings is 2. The average molecular weight is 361 g/mol. The van der Waals surface area contributed by atoms with Crippen LogP contribution in [-0.4, -0.2) is 17.9 Å². The van der Waals surface area contributed by atoms with Gasteiger partial charge < -0.3 is 10.1 Å². The Labute approximate surface area is 149 Å². The minimum atomic E-state index is -0.639. The summed E-state index contributed by atoms with van der Waals surface area (Å²) in [6, 6.07) is 11.4. The zero-order valence-corrected chi connectivity index (χ0v) is 14.4. The maximum atomic E-state index is 13.0. The number of amides is 1. The van der Waals surface area contributed by atoms with Gasteiger partial charge in [0.1, 0.15) is 5.75 Å². The van der Waals surface area contributed by atoms with Crippen molar-refractivity contribution in [1.82, 2.24) is 0 Å². The number of carbonyl (C=O) groups excluding carboxylic acids is 1. The molecule has 2 aromatic carbocycles. The Morgan fingerprint density at radius 3 is 2.44 bits per heavy atom. The van der Waals surface area contributed by atoms with Gasteiger partial charge in [-0.3, -0.25) is 14.9 Å². The van der Waals surface area contributed by atoms with Crippen molar-refractivity contribution in [3.63, 3.8) is 0 Å². The predicted octanol–water partition coefficient (Wildman–Crippen LogP) is 4.32. The highest BCUT2D eigenvalue weighted by Gasteiger charge is 2.45. The van der Waals surface area contributed by atoms with Crippen molar-refractivity contribution >= 4 is 28.9 Å². The molecule has 1 aliphatic carbocycles. The van der Waals surface area contributed by atoms with E-state index in [-0.39, 0.29) is 11.6 Å². The van der Waals surface area contributed by atoms with E-state index in [0.717, 1.165) is 24.8 Å². The minimum absolute atomic E-state index is 0.106. The van der Waals surface area contributed by atoms with Crippen LogP contribution < -0.4 is 10.1 Å². The summed E-state index contributed by atoms with van der Waals surface area (Å²) >= 11 is 5.94. The van der Waals surface area contributed by atoms with Gasteiger partial charge in [-0.2, -0.15) is 0 Å². The molecule has 0 spiro atoms. The van der Waals surface area contributed by atoms with E-state index < -0.39 is 10.3 Å². The number of carbonyl (C=O) groups is 1. The van der Waals surface area contributed by atoms with Crippen LogP contribution in [0, 0.1) is 10.1 Å². The fourth-order valence-electron chi connectivity index (χ4n) is 3.10. The van der Waals surface area contributed by atoms with Crippen LogP contribution >= 0.6 is 11.6 Å². The molecule has 1 fully saturated rings. The maximum absolute atomic E-state index is 13.0. The molecule has 0 radical (unpaired) electrons. The molecule has 3 rings (SSSR count). The SMILES string of the molecule is COc1ccc([N+](=O)[O-])cc1NC(=O)C1(c2ccc(Cl)cc2)CCC1. The smallest absolute Gasteiger partial charge is 0.271 e. The number of non-ortho nitro benzene ring substituents is 1. The Balaban J connectivity index is 1.91. The van der Waals surface area contributed by atoms with Gasteiger partial charge in [0.05, 0.1) is 23.1 Å². The zero-order chi connectivity index (χ0) is 18.0. The normalized spacial score (nSPS) is 15.1. The summed E-state index contributed by atoms with van der Waals surface area (Å²) in [6.45, 7) is 0. The van der Waals surface area contributed by atoms with Gasteiger partial charge in [-0.1, -0.05) is 30.2 Å². The zero-order valence-electron chi connectivity index (χ0n) is 13.6. The third-order valence-corrected chi connectivity index (χ3v) is 4.93. The molecule has 1 N–H and O–H groups in total. The van der Waals surface area contributed by atoms with Gasteiger partial charge in [0.2, 0.25) is 5.91 Å². The van der Waals surface area contributed by atoms with Crippen molar-refractivity contribution in [1.29, 1.82) is 0 Å². The molecule has 2 aromatic rings. The van der Waals surface area contributed by atoms with E-state index in [1.807, 2.05) is 12.1 Å². The summed E-state index contributed by atoms with van der Waals surface area (Å²) in [6.07, 6.45) is 2.39. The lowest BCUT2D eigenvalue weighted by atomic mass is 9.64. The summed E-state index contributed by atoms with van der Waals surface area (Å²) in [4.78, 5) is 23.5. The molecule has 0 saturated heterocycles. The molecule has 1 saturated carbocycles. The van der Waals surface area contributed by atoms with Crippen molar-refractivity contribution in [3.05, 3.63) is 63.2 Å². The largest absolute Gasteiger partial charge is 0.495 e. The van der Waals surface area contributed by atoms with Crippen LogP contribution in [0.25, 0.3) is 0 Å². The first kappa shape index (κ1) is 17.2. The first-order valence-corrected chi connectivity index (χ1v) is 8.24. The lowest BCUT2D eigenvalue weighted by Crippen LogP contribution is -2.46. The first-order valence-electron chi connectivity index (χ1n) is 7.86. The molecule has 1 amide bonds. The van der Waals surface area contributed by atoms with Gasteiger partial charge in [-0.05, 0) is 36.6 Å². The number of nitrogens with zero attached hydrogens (tertiary/aromatic N) is 1. The number of halogens is 1. The highest BCUT2D eigenvalue weighted by Crippen LogP contribution is 2.45. The Morgan fingerprint density at radius 2 is 1.92 bits per heavy atom. The summed E-state index contributed by atoms with van der Waals surface area (Å²) in [5.41, 5.74) is 0.442. The molecular formula is C18H17ClN2O4. The van der Waals surface area contributed by atoms with Gasteiger partial charge >= 0.3 is 0 Å². The molecule has 0 aliphatic heterocycles. The Hall–Kier alpha value is -2.60. The standard InChI is InChI=1S/C18H17ClN2O4/c1-25-16-8-7-14(21(23)24)11-15(16)20-17(22)18(9-2-10-18)12-3-5-13(19)6-4-12/h3-8,11H,2,9-10H2,1H3,(H,20,22). The number of nitrogens with one attached hydrogen (secondary N) is 1. The van der Waals surface area contributed by atoms with Crippen molar-refractivity contribution in [2.45, 2.75) is 24.7 Å². The summed E-state index contributed by atoms with van der Waals surface area (Å²) in [7, 11) is 1.45. The Morgan fingerprint density at radius 1 is 1.24 bits per heavy atom. The molecule has 0 heterocycles. The van der Waals surface area contributed by atoms with E-state index >= 15 is 0 Å². The molecule has 6 nitrogen and oxygen atoms in total. The lowest BCUT2D eigenvalue weighted by Gasteiger charge is -2.40. The third kappa shape index (κ3) is 3.17. The van der Waals surface area contributed by atoms with Gasteiger partial charge in [0.25, 0.3) is 5.69 Å². The summed E-state index contributed by atoms with van der Waals surface area (Å²) < 4.78 is 5.21. The van der Waals surface area contributed by atoms with E-state index in [4.69, 9.17) is 16.3 Å². The molecule has 130 valence electrons. The fourth-order valence-corrected chi connectivity index (χ4v) is 3.22. The first-order chi connectivity index (χ1) is 12.0. The number of nitro benzene ring substituents is 1. The van der Waals surface area contributed by atoms with Crippen LogP contribution in [-0.2, 0) is 10.2 Å². The van der Waals surface area contributed by atoms with Crippen LogP contribution in [0.2, 0.25) is 5.02 Å². The van der Waals surface area contributed by atoms with Crippen LogP contribution in [0.1, 0.15) is 24.8 Å². The second-order valence-electron chi connectivity index (χ2n) is 6.04. The topological polar surface area (TPSA) is 81.5 Å². The van der Waals surface area contributed by atoms with Gasteiger partial charge in [-0.25, -0.2) is 0 Å². The number of nitro groups is 1. The van der Waals surface area contributed by atoms with Crippen LogP contribution in [0.3, 0.4) is 0 Å². The Kier molecular flexibility index (Phi) is 4.63. The number of methoxy groups -OCH3 is 1. The van der Waals surface area contributed by atoms with Crippen molar-refractivity contribution < 1.29 is 14.5 Å². The van der Waals surface area contributed by atoms with Gasteiger partial charge in [0.15, 0.2) is 0 Å². The number of anilines is 1. The van der Waals surface area contributed by atoms with Crippen LogP contribution in [0.5, 0.6) is 5.75 Å². The molecule has 0 aromatic heterocycles. The number of ether oxygens (including phenoxy) is 1. The van der Waals surface area contributed by atoms with Gasteiger partial charge in [-0.15, -0.1) is 0 Å². The van der Waals surface area contributed by atoms with Crippen LogP contribution in [0.4, 0.5) is 11.4 Å². The molecule has 7 heteroatoms. The van der Waals surface area contributed by atoms with E-state index in [0.29, 0.717) is 16.5 Å². The van der Waals surface area contributed by atoms with Crippen molar-refractivity contribution in [2.75, 3.05) is 12.4 Å². The van der Waals surface area contributed by atoms with Crippen molar-refractivity contribution in [3.8, 4) is 5.75 Å². The molecule has 1 aliphatic rings. The van der Waals surface area contributed by atoms with E-state index in [9.17, 15) is 14.9 Å². The second kappa shape index (κ2) is 6.72. The third-order valence-electron chi connectivity index (χ3n) is 4.68. The monoisotopic (exact) mass is 360 g/mol. The summed E-state index contributed by atoms with van der Waals surface area (Å²) in [5.74, 6) is 0.185. The highest BCUT2D eigenvalue weighted by molar-refractivity contribution is 6.30. The van der Waals surface area contributed by atoms with Crippen molar-refractivity contribution in [2.24, 2.45) is 0 Å². The lowest BCUT2D eigenvalue weighted by molar-refractivity contribution is -0.384. The number of rotatable bonds is 5. The quantitative estimate of drug-likeness (QED) is 0.636. The van der Waals surface area contributed by atoms with E-state index in [2.05, 4.69) is 5.32 Å². The predicted molar refractivity (Wildman–Crippen MR) is 95.3 cm³/mol. The summed E-state index contributed by atoms with van der Waals surface area (Å²) in [5, 5.41) is 14.4. The molecule has 25 heavy (non-hydrogen) atoms. The molecule has 0 unspecified atom stereocenters. The maximum Gasteiger partial charge on any atom is 0.271 e. The number of hydrogen-bond acceptors (Lipinski definition) is 4. The van der Waals surface area contributed by atoms with Gasteiger partial charge in [0, 0.05) is 17.2 Å². The molecule has 0 atom stereocenters. The molecule has 0 bridgehead atoms. The Bertz CT molecular complexity index is 816. The number of hydrogen-bond donors (Lipinski definition) is 1. The highest BCUT2D eigenvalue weighted by atomic mass is 35.5. The van der Waals surface area contributed by atoms with Crippen LogP contribution in [0.15, 0.2) is 42.5 Å². The second-order valence-corrected chi connectivity index (χ2v) is 6.47. The minimum Gasteiger partial charge on any atom is -0.495 e. The van der Waals surface area contributed by atoms with E-state index in [1.54, 1.807) is 12.1 Å². The molecular weight excluding hydrogens is 344 g/mol. The fraction of sp³-hybridized carbons (Fsp3) is 0.278. The average Bonchev–Trinajstić information content (AvgIpc) is 2.55. The van der Waals surface area contributed by atoms with E-state index in [1.165, 1.54) is 25.3 Å².